The first-order chi connectivity index (χ1) is 8.05. The summed E-state index contributed by atoms with van der Waals surface area (Å²) in [6.45, 7) is 4.95. The Morgan fingerprint density at radius 2 is 2.06 bits per heavy atom. The van der Waals surface area contributed by atoms with Crippen molar-refractivity contribution in [1.82, 2.24) is 4.98 Å². The third-order valence-corrected chi connectivity index (χ3v) is 3.49. The van der Waals surface area contributed by atoms with Gasteiger partial charge in [0.05, 0.1) is 6.61 Å². The van der Waals surface area contributed by atoms with Gasteiger partial charge in [-0.1, -0.05) is 25.4 Å². The molecule has 5 heteroatoms. The van der Waals surface area contributed by atoms with E-state index in [-0.39, 0.29) is 12.0 Å². The summed E-state index contributed by atoms with van der Waals surface area (Å²) in [5.74, 6) is 0.648. The lowest BCUT2D eigenvalue weighted by atomic mass is 9.83. The second-order valence-electron chi connectivity index (χ2n) is 4.33. The van der Waals surface area contributed by atoms with Crippen LogP contribution in [0.15, 0.2) is 12.1 Å². The smallest absolute Gasteiger partial charge is 0.133 e. The lowest BCUT2D eigenvalue weighted by Gasteiger charge is -2.29. The molecule has 0 saturated heterocycles. The quantitative estimate of drug-likeness (QED) is 0.685. The molecule has 0 radical (unpaired) electrons. The topological polar surface area (TPSA) is 71.2 Å². The van der Waals surface area contributed by atoms with E-state index in [2.05, 4.69) is 24.1 Å². The number of aromatic nitrogens is 1. The summed E-state index contributed by atoms with van der Waals surface area (Å²) >= 11 is 5.82. The van der Waals surface area contributed by atoms with E-state index in [1.165, 1.54) is 0 Å². The zero-order chi connectivity index (χ0) is 12.9. The maximum Gasteiger partial charge on any atom is 0.133 e. The average molecular weight is 258 g/mol. The molecule has 0 bridgehead atoms. The van der Waals surface area contributed by atoms with Gasteiger partial charge in [-0.3, -0.25) is 0 Å². The summed E-state index contributed by atoms with van der Waals surface area (Å²) in [7, 11) is 0. The zero-order valence-corrected chi connectivity index (χ0v) is 11.1. The number of nitrogens with two attached hydrogens (primary N) is 1. The van der Waals surface area contributed by atoms with Crippen LogP contribution in [0, 0.1) is 5.41 Å². The molecule has 1 aromatic rings. The maximum absolute atomic E-state index is 9.45. The molecule has 0 aromatic carbocycles. The molecule has 0 amide bonds. The summed E-state index contributed by atoms with van der Waals surface area (Å²) in [5, 5.41) is 13.0. The molecule has 1 heterocycles. The largest absolute Gasteiger partial charge is 0.399 e. The lowest BCUT2D eigenvalue weighted by molar-refractivity contribution is 0.127. The zero-order valence-electron chi connectivity index (χ0n) is 10.3. The van der Waals surface area contributed by atoms with Crippen molar-refractivity contribution in [3.63, 3.8) is 0 Å². The number of nitrogens with zero attached hydrogens (tertiary/aromatic N) is 1. The van der Waals surface area contributed by atoms with Crippen molar-refractivity contribution >= 4 is 23.1 Å². The Morgan fingerprint density at radius 3 is 2.53 bits per heavy atom. The van der Waals surface area contributed by atoms with Crippen LogP contribution in [0.5, 0.6) is 0 Å². The van der Waals surface area contributed by atoms with E-state index in [0.717, 1.165) is 12.8 Å². The van der Waals surface area contributed by atoms with E-state index in [1.54, 1.807) is 12.1 Å². The predicted molar refractivity (Wildman–Crippen MR) is 72.2 cm³/mol. The van der Waals surface area contributed by atoms with E-state index in [1.807, 2.05) is 0 Å². The average Bonchev–Trinajstić information content (AvgIpc) is 2.30. The fourth-order valence-corrected chi connectivity index (χ4v) is 1.88. The minimum absolute atomic E-state index is 0.112. The van der Waals surface area contributed by atoms with Crippen molar-refractivity contribution in [2.75, 3.05) is 24.2 Å². The fraction of sp³-hybridized carbons (Fsp3) is 0.583. The summed E-state index contributed by atoms with van der Waals surface area (Å²) in [6, 6.07) is 3.34. The van der Waals surface area contributed by atoms with Crippen LogP contribution in [0.2, 0.25) is 5.15 Å². The number of aliphatic hydroxyl groups excluding tert-OH is 1. The molecule has 0 atom stereocenters. The number of pyridine rings is 1. The lowest BCUT2D eigenvalue weighted by Crippen LogP contribution is -2.32. The first-order valence-electron chi connectivity index (χ1n) is 5.83. The second kappa shape index (κ2) is 6.07. The number of nitrogen functional groups attached to an aromatic ring is 1. The van der Waals surface area contributed by atoms with Crippen LogP contribution in [0.3, 0.4) is 0 Å². The summed E-state index contributed by atoms with van der Waals surface area (Å²) in [4.78, 5) is 4.13. The highest BCUT2D eigenvalue weighted by molar-refractivity contribution is 6.29. The van der Waals surface area contributed by atoms with Crippen molar-refractivity contribution in [3.8, 4) is 0 Å². The van der Waals surface area contributed by atoms with Gasteiger partial charge in [0, 0.05) is 23.7 Å². The molecule has 4 nitrogen and oxygen atoms in total. The molecular weight excluding hydrogens is 238 g/mol. The van der Waals surface area contributed by atoms with Gasteiger partial charge in [-0.25, -0.2) is 4.98 Å². The Hall–Kier alpha value is -1.00. The number of aliphatic hydroxyl groups is 1. The molecule has 0 aliphatic heterocycles. The van der Waals surface area contributed by atoms with Gasteiger partial charge in [-0.15, -0.1) is 0 Å². The van der Waals surface area contributed by atoms with Gasteiger partial charge in [-0.05, 0) is 18.9 Å². The second-order valence-corrected chi connectivity index (χ2v) is 4.71. The summed E-state index contributed by atoms with van der Waals surface area (Å²) in [5.41, 5.74) is 6.15. The van der Waals surface area contributed by atoms with Crippen molar-refractivity contribution in [1.29, 1.82) is 0 Å². The number of anilines is 2. The summed E-state index contributed by atoms with van der Waals surface area (Å²) < 4.78 is 0. The van der Waals surface area contributed by atoms with Gasteiger partial charge in [0.25, 0.3) is 0 Å². The first kappa shape index (κ1) is 14.1. The maximum atomic E-state index is 9.45. The fourth-order valence-electron chi connectivity index (χ4n) is 1.66. The molecule has 1 aromatic heterocycles. The van der Waals surface area contributed by atoms with Gasteiger partial charge in [-0.2, -0.15) is 0 Å². The van der Waals surface area contributed by atoms with Crippen molar-refractivity contribution in [2.45, 2.75) is 26.7 Å². The van der Waals surface area contributed by atoms with Crippen LogP contribution in [0.4, 0.5) is 11.5 Å². The minimum Gasteiger partial charge on any atom is -0.399 e. The number of nitrogens with one attached hydrogen (secondary N) is 1. The Balaban J connectivity index is 2.71. The Kier molecular flexibility index (Phi) is 5.02. The number of halogens is 1. The van der Waals surface area contributed by atoms with Gasteiger partial charge >= 0.3 is 0 Å². The van der Waals surface area contributed by atoms with Crippen LogP contribution in [-0.2, 0) is 0 Å². The number of hydrogen-bond donors (Lipinski definition) is 3. The minimum atomic E-state index is -0.112. The Morgan fingerprint density at radius 1 is 1.41 bits per heavy atom. The van der Waals surface area contributed by atoms with E-state index < -0.39 is 0 Å². The van der Waals surface area contributed by atoms with Crippen molar-refractivity contribution in [2.24, 2.45) is 5.41 Å². The summed E-state index contributed by atoms with van der Waals surface area (Å²) in [6.07, 6.45) is 1.81. The molecule has 0 spiro atoms. The molecule has 0 unspecified atom stereocenters. The third kappa shape index (κ3) is 3.75. The number of rotatable bonds is 6. The molecule has 0 fully saturated rings. The molecular formula is C12H20ClN3O. The first-order valence-corrected chi connectivity index (χ1v) is 6.21. The third-order valence-electron chi connectivity index (χ3n) is 3.30. The monoisotopic (exact) mass is 257 g/mol. The van der Waals surface area contributed by atoms with Crippen LogP contribution < -0.4 is 11.1 Å². The standard InChI is InChI=1S/C12H20ClN3O/c1-3-12(4-2,8-17)7-15-11-6-9(14)5-10(13)16-11/h5-6,17H,3-4,7-8H2,1-2H3,(H3,14,15,16). The highest BCUT2D eigenvalue weighted by atomic mass is 35.5. The van der Waals surface area contributed by atoms with Crippen LogP contribution in [-0.4, -0.2) is 23.2 Å². The van der Waals surface area contributed by atoms with Crippen molar-refractivity contribution in [3.05, 3.63) is 17.3 Å². The van der Waals surface area contributed by atoms with Gasteiger partial charge in [0.2, 0.25) is 0 Å². The van der Waals surface area contributed by atoms with Crippen LogP contribution in [0.25, 0.3) is 0 Å². The normalized spacial score (nSPS) is 11.5. The van der Waals surface area contributed by atoms with Crippen LogP contribution in [0.1, 0.15) is 26.7 Å². The van der Waals surface area contributed by atoms with E-state index in [0.29, 0.717) is 23.2 Å². The van der Waals surface area contributed by atoms with E-state index in [4.69, 9.17) is 17.3 Å². The SMILES string of the molecule is CCC(CC)(CO)CNc1cc(N)cc(Cl)n1. The molecule has 0 aliphatic rings. The molecule has 96 valence electrons. The van der Waals surface area contributed by atoms with Gasteiger partial charge in [0.15, 0.2) is 0 Å². The molecule has 4 N–H and O–H groups in total. The molecule has 0 saturated carbocycles. The Labute approximate surface area is 107 Å². The molecule has 1 rings (SSSR count). The Bertz CT molecular complexity index is 338. The van der Waals surface area contributed by atoms with E-state index in [9.17, 15) is 5.11 Å². The molecule has 17 heavy (non-hydrogen) atoms. The number of hydrogen-bond acceptors (Lipinski definition) is 4. The highest BCUT2D eigenvalue weighted by Gasteiger charge is 2.25. The van der Waals surface area contributed by atoms with E-state index >= 15 is 0 Å². The highest BCUT2D eigenvalue weighted by Crippen LogP contribution is 2.26. The van der Waals surface area contributed by atoms with Gasteiger partial charge < -0.3 is 16.2 Å². The van der Waals surface area contributed by atoms with Crippen molar-refractivity contribution < 1.29 is 5.11 Å². The molecule has 0 aliphatic carbocycles. The van der Waals surface area contributed by atoms with Gasteiger partial charge in [0.1, 0.15) is 11.0 Å². The predicted octanol–water partition coefficient (Wildman–Crippen LogP) is 2.53. The van der Waals surface area contributed by atoms with Crippen LogP contribution >= 0.6 is 11.6 Å².